The molecule has 0 bridgehead atoms. The predicted molar refractivity (Wildman–Crippen MR) is 79.0 cm³/mol. The van der Waals surface area contributed by atoms with Crippen LogP contribution in [0.1, 0.15) is 18.9 Å². The maximum absolute atomic E-state index is 5.85. The zero-order valence-electron chi connectivity index (χ0n) is 9.90. The molecule has 1 aliphatic heterocycles. The molecule has 1 nitrogen and oxygen atoms in total. The quantitative estimate of drug-likeness (QED) is 0.585. The molecule has 0 N–H and O–H groups in total. The number of thioether (sulfide) groups is 2. The molecule has 0 aliphatic carbocycles. The summed E-state index contributed by atoms with van der Waals surface area (Å²) in [5.74, 6) is 1.06. The normalized spacial score (nSPS) is 24.1. The van der Waals surface area contributed by atoms with E-state index < -0.39 is 0 Å². The molecule has 17 heavy (non-hydrogen) atoms. The fourth-order valence-electron chi connectivity index (χ4n) is 1.81. The summed E-state index contributed by atoms with van der Waals surface area (Å²) in [5.41, 5.74) is 1.34. The molecule has 1 aromatic rings. The minimum Gasteiger partial charge on any atom is -0.377 e. The molecular weight excluding hydrogens is 272 g/mol. The topological polar surface area (TPSA) is 9.23 Å². The van der Waals surface area contributed by atoms with Gasteiger partial charge in [0.25, 0.3) is 0 Å². The predicted octanol–water partition coefficient (Wildman–Crippen LogP) is 4.44. The Morgan fingerprint density at radius 1 is 1.35 bits per heavy atom. The van der Waals surface area contributed by atoms with Crippen LogP contribution in [0.3, 0.4) is 0 Å². The van der Waals surface area contributed by atoms with Crippen molar-refractivity contribution >= 4 is 35.1 Å². The van der Waals surface area contributed by atoms with Crippen molar-refractivity contribution in [2.45, 2.75) is 30.5 Å². The van der Waals surface area contributed by atoms with E-state index in [4.69, 9.17) is 16.3 Å². The molecule has 0 saturated carbocycles. The average molecular weight is 289 g/mol. The molecule has 1 aromatic carbocycles. The van der Waals surface area contributed by atoms with Gasteiger partial charge in [0.15, 0.2) is 0 Å². The van der Waals surface area contributed by atoms with Crippen molar-refractivity contribution in [3.63, 3.8) is 0 Å². The number of rotatable bonds is 5. The lowest BCUT2D eigenvalue weighted by molar-refractivity contribution is 0.127. The van der Waals surface area contributed by atoms with Crippen molar-refractivity contribution in [3.8, 4) is 0 Å². The Morgan fingerprint density at radius 2 is 2.12 bits per heavy atom. The fraction of sp³-hybridized carbons (Fsp3) is 0.538. The van der Waals surface area contributed by atoms with Crippen molar-refractivity contribution in [1.82, 2.24) is 0 Å². The van der Waals surface area contributed by atoms with Crippen LogP contribution in [0.5, 0.6) is 0 Å². The number of ether oxygens (including phenoxy) is 1. The Labute approximate surface area is 117 Å². The lowest BCUT2D eigenvalue weighted by Crippen LogP contribution is -2.13. The van der Waals surface area contributed by atoms with Crippen LogP contribution in [0.4, 0.5) is 0 Å². The molecule has 1 aliphatic rings. The van der Waals surface area contributed by atoms with Gasteiger partial charge < -0.3 is 4.74 Å². The van der Waals surface area contributed by atoms with Crippen molar-refractivity contribution in [3.05, 3.63) is 34.9 Å². The Bertz CT molecular complexity index is 342. The average Bonchev–Trinajstić information content (AvgIpc) is 2.73. The highest BCUT2D eigenvalue weighted by Crippen LogP contribution is 2.29. The van der Waals surface area contributed by atoms with Crippen LogP contribution in [0.25, 0.3) is 0 Å². The molecular formula is C13H17ClOS2. The summed E-state index contributed by atoms with van der Waals surface area (Å²) in [6.07, 6.45) is 1.63. The molecule has 1 saturated heterocycles. The van der Waals surface area contributed by atoms with E-state index in [1.54, 1.807) is 0 Å². The Balaban J connectivity index is 1.64. The first-order valence-electron chi connectivity index (χ1n) is 5.81. The van der Waals surface area contributed by atoms with Gasteiger partial charge in [0, 0.05) is 27.7 Å². The van der Waals surface area contributed by atoms with Gasteiger partial charge in [0.05, 0.1) is 6.10 Å². The van der Waals surface area contributed by atoms with Gasteiger partial charge in [0.1, 0.15) is 0 Å². The van der Waals surface area contributed by atoms with Gasteiger partial charge in [-0.3, -0.25) is 0 Å². The second kappa shape index (κ2) is 6.93. The molecule has 1 heterocycles. The minimum absolute atomic E-state index is 0.427. The number of hydrogen-bond acceptors (Lipinski definition) is 3. The van der Waals surface area contributed by atoms with Gasteiger partial charge >= 0.3 is 0 Å². The van der Waals surface area contributed by atoms with E-state index in [1.807, 2.05) is 35.7 Å². The van der Waals surface area contributed by atoms with Crippen molar-refractivity contribution < 1.29 is 4.74 Å². The zero-order chi connectivity index (χ0) is 12.1. The first kappa shape index (κ1) is 13.6. The summed E-state index contributed by atoms with van der Waals surface area (Å²) in [7, 11) is 0. The van der Waals surface area contributed by atoms with E-state index in [0.29, 0.717) is 11.4 Å². The molecule has 4 heteroatoms. The molecule has 2 rings (SSSR count). The second-order valence-electron chi connectivity index (χ2n) is 4.16. The number of benzene rings is 1. The highest BCUT2D eigenvalue weighted by molar-refractivity contribution is 8.15. The number of hydrogen-bond donors (Lipinski definition) is 0. The molecule has 2 atom stereocenters. The third kappa shape index (κ3) is 4.40. The highest BCUT2D eigenvalue weighted by atomic mass is 35.5. The summed E-state index contributed by atoms with van der Waals surface area (Å²) in [6, 6.07) is 8.11. The standard InChI is InChI=1S/C13H17ClOS2/c1-10-13(6-7-15-10)17-9-16-8-11-2-4-12(14)5-3-11/h2-5,10,13H,6-9H2,1H3. The van der Waals surface area contributed by atoms with E-state index in [1.165, 1.54) is 12.0 Å². The Morgan fingerprint density at radius 3 is 2.76 bits per heavy atom. The van der Waals surface area contributed by atoms with E-state index >= 15 is 0 Å². The number of halogens is 1. The molecule has 0 spiro atoms. The van der Waals surface area contributed by atoms with Gasteiger partial charge in [-0.05, 0) is 31.0 Å². The van der Waals surface area contributed by atoms with E-state index in [-0.39, 0.29) is 0 Å². The zero-order valence-corrected chi connectivity index (χ0v) is 12.3. The van der Waals surface area contributed by atoms with E-state index in [2.05, 4.69) is 19.1 Å². The van der Waals surface area contributed by atoms with Crippen molar-refractivity contribution in [1.29, 1.82) is 0 Å². The lowest BCUT2D eigenvalue weighted by atomic mass is 10.2. The lowest BCUT2D eigenvalue weighted by Gasteiger charge is -2.12. The van der Waals surface area contributed by atoms with Crippen LogP contribution in [0.2, 0.25) is 5.02 Å². The van der Waals surface area contributed by atoms with E-state index in [9.17, 15) is 0 Å². The fourth-order valence-corrected chi connectivity index (χ4v) is 4.39. The Kier molecular flexibility index (Phi) is 5.54. The van der Waals surface area contributed by atoms with Gasteiger partial charge in [-0.1, -0.05) is 23.7 Å². The maximum Gasteiger partial charge on any atom is 0.0666 e. The van der Waals surface area contributed by atoms with Gasteiger partial charge in [-0.25, -0.2) is 0 Å². The smallest absolute Gasteiger partial charge is 0.0666 e. The third-order valence-electron chi connectivity index (χ3n) is 2.85. The van der Waals surface area contributed by atoms with Crippen molar-refractivity contribution in [2.24, 2.45) is 0 Å². The molecule has 0 amide bonds. The van der Waals surface area contributed by atoms with Crippen LogP contribution < -0.4 is 0 Å². The summed E-state index contributed by atoms with van der Waals surface area (Å²) in [4.78, 5) is 0. The third-order valence-corrected chi connectivity index (χ3v) is 5.90. The molecule has 94 valence electrons. The van der Waals surface area contributed by atoms with Gasteiger partial charge in [0.2, 0.25) is 0 Å². The van der Waals surface area contributed by atoms with Crippen molar-refractivity contribution in [2.75, 3.05) is 11.7 Å². The molecule has 2 unspecified atom stereocenters. The Hall–Kier alpha value is 0.170. The monoisotopic (exact) mass is 288 g/mol. The van der Waals surface area contributed by atoms with Crippen LogP contribution in [-0.2, 0) is 10.5 Å². The molecule has 0 aromatic heterocycles. The first-order valence-corrected chi connectivity index (χ1v) is 8.39. The van der Waals surface area contributed by atoms with Crippen LogP contribution in [-0.4, -0.2) is 23.0 Å². The molecule has 0 radical (unpaired) electrons. The largest absolute Gasteiger partial charge is 0.377 e. The first-order chi connectivity index (χ1) is 8.25. The van der Waals surface area contributed by atoms with Gasteiger partial charge in [-0.2, -0.15) is 0 Å². The summed E-state index contributed by atoms with van der Waals surface area (Å²) >= 11 is 9.84. The second-order valence-corrected chi connectivity index (χ2v) is 7.18. The van der Waals surface area contributed by atoms with Crippen LogP contribution in [0, 0.1) is 0 Å². The van der Waals surface area contributed by atoms with Crippen LogP contribution >= 0.6 is 35.1 Å². The molecule has 1 fully saturated rings. The SMILES string of the molecule is CC1OCCC1SCSCc1ccc(Cl)cc1. The minimum atomic E-state index is 0.427. The maximum atomic E-state index is 5.85. The van der Waals surface area contributed by atoms with E-state index in [0.717, 1.165) is 22.5 Å². The highest BCUT2D eigenvalue weighted by Gasteiger charge is 2.23. The van der Waals surface area contributed by atoms with Crippen LogP contribution in [0.15, 0.2) is 24.3 Å². The van der Waals surface area contributed by atoms with Gasteiger partial charge in [-0.15, -0.1) is 23.5 Å². The summed E-state index contributed by atoms with van der Waals surface area (Å²) < 4.78 is 5.55. The summed E-state index contributed by atoms with van der Waals surface area (Å²) in [5, 5.41) is 2.64. The summed E-state index contributed by atoms with van der Waals surface area (Å²) in [6.45, 7) is 3.11.